The van der Waals surface area contributed by atoms with E-state index in [9.17, 15) is 9.59 Å². The zero-order valence-electron chi connectivity index (χ0n) is 17.4. The van der Waals surface area contributed by atoms with Crippen LogP contribution in [0.25, 0.3) is 28.1 Å². The number of halogens is 1. The van der Waals surface area contributed by atoms with Gasteiger partial charge in [0.15, 0.2) is 5.65 Å². The highest BCUT2D eigenvalue weighted by Crippen LogP contribution is 2.23. The molecule has 1 unspecified atom stereocenters. The predicted octanol–water partition coefficient (Wildman–Crippen LogP) is 2.99. The molecule has 1 fully saturated rings. The van der Waals surface area contributed by atoms with Gasteiger partial charge in [0.2, 0.25) is 0 Å². The minimum absolute atomic E-state index is 0. The van der Waals surface area contributed by atoms with E-state index in [-0.39, 0.29) is 30.1 Å². The van der Waals surface area contributed by atoms with Crippen LogP contribution in [0.1, 0.15) is 22.8 Å². The Morgan fingerprint density at radius 3 is 2.59 bits per heavy atom. The molecule has 1 N–H and O–H groups in total. The first-order valence-corrected chi connectivity index (χ1v) is 10.1. The number of nitrogens with zero attached hydrogens (tertiary/aromatic N) is 4. The number of methoxy groups -OCH3 is 1. The van der Waals surface area contributed by atoms with Crippen LogP contribution in [0.3, 0.4) is 0 Å². The van der Waals surface area contributed by atoms with E-state index in [1.54, 1.807) is 33.7 Å². The number of carbonyl (C=O) groups is 1. The number of imidazole rings is 1. The second-order valence-electron chi connectivity index (χ2n) is 7.45. The molecule has 1 aliphatic heterocycles. The van der Waals surface area contributed by atoms with E-state index in [4.69, 9.17) is 4.74 Å². The lowest BCUT2D eigenvalue weighted by molar-refractivity contribution is 0.0601. The van der Waals surface area contributed by atoms with Crippen molar-refractivity contribution < 1.29 is 9.53 Å². The fraction of sp³-hybridized carbons (Fsp3) is 0.217. The molecular weight excluding hydrogens is 430 g/mol. The van der Waals surface area contributed by atoms with Gasteiger partial charge in [-0.05, 0) is 49.4 Å². The predicted molar refractivity (Wildman–Crippen MR) is 124 cm³/mol. The Morgan fingerprint density at radius 2 is 1.94 bits per heavy atom. The molecule has 0 amide bonds. The van der Waals surface area contributed by atoms with Gasteiger partial charge in [-0.1, -0.05) is 12.1 Å². The number of carbonyl (C=O) groups excluding carboxylic acids is 1. The van der Waals surface area contributed by atoms with Crippen molar-refractivity contribution in [2.75, 3.05) is 20.2 Å². The zero-order valence-corrected chi connectivity index (χ0v) is 18.2. The molecule has 0 radical (unpaired) electrons. The van der Waals surface area contributed by atoms with E-state index < -0.39 is 0 Å². The summed E-state index contributed by atoms with van der Waals surface area (Å²) < 4.78 is 8.18. The van der Waals surface area contributed by atoms with Gasteiger partial charge in [0.1, 0.15) is 0 Å². The summed E-state index contributed by atoms with van der Waals surface area (Å²) in [6, 6.07) is 14.6. The molecule has 32 heavy (non-hydrogen) atoms. The summed E-state index contributed by atoms with van der Waals surface area (Å²) in [6.45, 7) is 1.65. The number of nitrogens with one attached hydrogen (secondary N) is 1. The number of pyridine rings is 2. The summed E-state index contributed by atoms with van der Waals surface area (Å²) in [5.41, 5.74) is 4.11. The first-order valence-electron chi connectivity index (χ1n) is 10.1. The summed E-state index contributed by atoms with van der Waals surface area (Å²) >= 11 is 0. The van der Waals surface area contributed by atoms with Crippen LogP contribution in [-0.4, -0.2) is 45.3 Å². The third-order valence-electron chi connectivity index (χ3n) is 5.64. The first kappa shape index (κ1) is 21.7. The topological polar surface area (TPSA) is 91.0 Å². The lowest BCUT2D eigenvalue weighted by Gasteiger charge is -2.09. The summed E-state index contributed by atoms with van der Waals surface area (Å²) in [6.07, 6.45) is 4.30. The Kier molecular flexibility index (Phi) is 6.07. The van der Waals surface area contributed by atoms with Gasteiger partial charge >= 0.3 is 11.7 Å². The van der Waals surface area contributed by atoms with E-state index in [1.165, 1.54) is 7.11 Å². The van der Waals surface area contributed by atoms with Crippen LogP contribution >= 0.6 is 12.4 Å². The molecule has 1 aliphatic rings. The molecule has 8 nitrogen and oxygen atoms in total. The number of hydrogen-bond acceptors (Lipinski definition) is 6. The van der Waals surface area contributed by atoms with E-state index in [2.05, 4.69) is 15.3 Å². The average Bonchev–Trinajstić information content (AvgIpc) is 3.44. The second-order valence-corrected chi connectivity index (χ2v) is 7.45. The third-order valence-corrected chi connectivity index (χ3v) is 5.64. The lowest BCUT2D eigenvalue weighted by atomic mass is 10.1. The van der Waals surface area contributed by atoms with E-state index in [1.807, 2.05) is 36.4 Å². The molecule has 3 aromatic heterocycles. The van der Waals surface area contributed by atoms with Crippen molar-refractivity contribution in [3.8, 4) is 16.9 Å². The molecule has 0 aliphatic carbocycles. The van der Waals surface area contributed by atoms with Crippen LogP contribution in [-0.2, 0) is 4.74 Å². The van der Waals surface area contributed by atoms with Gasteiger partial charge in [-0.2, -0.15) is 0 Å². The van der Waals surface area contributed by atoms with Crippen molar-refractivity contribution in [1.82, 2.24) is 24.4 Å². The highest BCUT2D eigenvalue weighted by molar-refractivity contribution is 5.89. The minimum Gasteiger partial charge on any atom is -0.465 e. The van der Waals surface area contributed by atoms with Gasteiger partial charge in [-0.3, -0.25) is 14.1 Å². The third kappa shape index (κ3) is 3.68. The van der Waals surface area contributed by atoms with E-state index in [0.717, 1.165) is 36.3 Å². The highest BCUT2D eigenvalue weighted by atomic mass is 35.5. The SMILES string of the molecule is COC(=O)c1ccc(-c2ccc(-n3c(=O)n(C4CCNC4)c4ncccc43)cn2)cc1.Cl. The highest BCUT2D eigenvalue weighted by Gasteiger charge is 2.24. The molecule has 0 bridgehead atoms. The van der Waals surface area contributed by atoms with Gasteiger partial charge in [0, 0.05) is 18.3 Å². The number of aromatic nitrogens is 4. The first-order chi connectivity index (χ1) is 15.2. The number of benzene rings is 1. The average molecular weight is 452 g/mol. The molecule has 1 aromatic carbocycles. The van der Waals surface area contributed by atoms with E-state index >= 15 is 0 Å². The Morgan fingerprint density at radius 1 is 1.12 bits per heavy atom. The van der Waals surface area contributed by atoms with Crippen LogP contribution < -0.4 is 11.0 Å². The molecule has 0 spiro atoms. The monoisotopic (exact) mass is 451 g/mol. The largest absolute Gasteiger partial charge is 0.465 e. The van der Waals surface area contributed by atoms with Gasteiger partial charge in [-0.15, -0.1) is 12.4 Å². The molecule has 9 heteroatoms. The number of esters is 1. The van der Waals surface area contributed by atoms with Gasteiger partial charge in [-0.25, -0.2) is 14.6 Å². The van der Waals surface area contributed by atoms with Crippen molar-refractivity contribution in [2.24, 2.45) is 0 Å². The second kappa shape index (κ2) is 8.94. The summed E-state index contributed by atoms with van der Waals surface area (Å²) in [7, 11) is 1.36. The summed E-state index contributed by atoms with van der Waals surface area (Å²) in [4.78, 5) is 34.0. The quantitative estimate of drug-likeness (QED) is 0.480. The summed E-state index contributed by atoms with van der Waals surface area (Å²) in [5.74, 6) is -0.378. The minimum atomic E-state index is -0.378. The molecule has 4 aromatic rings. The van der Waals surface area contributed by atoms with Crippen molar-refractivity contribution in [1.29, 1.82) is 0 Å². The molecule has 164 valence electrons. The molecule has 0 saturated carbocycles. The van der Waals surface area contributed by atoms with E-state index in [0.29, 0.717) is 16.9 Å². The molecule has 4 heterocycles. The molecular formula is C23H22ClN5O3. The van der Waals surface area contributed by atoms with Gasteiger partial charge in [0.05, 0.1) is 41.8 Å². The maximum absolute atomic E-state index is 13.3. The van der Waals surface area contributed by atoms with Gasteiger partial charge in [0.25, 0.3) is 0 Å². The normalized spacial score (nSPS) is 15.5. The van der Waals surface area contributed by atoms with Crippen LogP contribution in [0.4, 0.5) is 0 Å². The number of ether oxygens (including phenoxy) is 1. The standard InChI is InChI=1S/C23H21N5O3.ClH/c1-31-22(29)16-6-4-15(5-7-16)19-9-8-17(14-26-19)27-20-3-2-11-25-21(20)28(23(27)30)18-10-12-24-13-18;/h2-9,11,14,18,24H,10,12-13H2,1H3;1H. The Bertz CT molecular complexity index is 1310. The molecule has 5 rings (SSSR count). The number of fused-ring (bicyclic) bond motifs is 1. The lowest BCUT2D eigenvalue weighted by Crippen LogP contribution is -2.28. The van der Waals surface area contributed by atoms with Crippen LogP contribution in [0, 0.1) is 0 Å². The Balaban J connectivity index is 0.00000245. The molecule has 1 saturated heterocycles. The smallest absolute Gasteiger partial charge is 0.337 e. The molecule has 1 atom stereocenters. The van der Waals surface area contributed by atoms with Crippen molar-refractivity contribution in [2.45, 2.75) is 12.5 Å². The summed E-state index contributed by atoms with van der Waals surface area (Å²) in [5, 5.41) is 3.31. The van der Waals surface area contributed by atoms with Crippen LogP contribution in [0.5, 0.6) is 0 Å². The zero-order chi connectivity index (χ0) is 21.4. The van der Waals surface area contributed by atoms with Crippen molar-refractivity contribution >= 4 is 29.5 Å². The maximum Gasteiger partial charge on any atom is 0.337 e. The fourth-order valence-corrected chi connectivity index (χ4v) is 4.07. The fourth-order valence-electron chi connectivity index (χ4n) is 4.07. The Hall–Kier alpha value is -3.49. The maximum atomic E-state index is 13.3. The Labute approximate surface area is 190 Å². The number of hydrogen-bond donors (Lipinski definition) is 1. The van der Waals surface area contributed by atoms with Crippen molar-refractivity contribution in [3.63, 3.8) is 0 Å². The van der Waals surface area contributed by atoms with Crippen LogP contribution in [0.2, 0.25) is 0 Å². The van der Waals surface area contributed by atoms with Crippen molar-refractivity contribution in [3.05, 3.63) is 77.0 Å². The van der Waals surface area contributed by atoms with Gasteiger partial charge < -0.3 is 10.1 Å². The van der Waals surface area contributed by atoms with Crippen LogP contribution in [0.15, 0.2) is 65.7 Å². The number of rotatable bonds is 4.